The van der Waals surface area contributed by atoms with Crippen molar-refractivity contribution in [2.75, 3.05) is 26.2 Å². The molecule has 1 aromatic rings. The molecule has 0 spiro atoms. The van der Waals surface area contributed by atoms with Crippen LogP contribution >= 0.6 is 0 Å². The lowest BCUT2D eigenvalue weighted by molar-refractivity contribution is 0.213. The van der Waals surface area contributed by atoms with E-state index >= 15 is 0 Å². The van der Waals surface area contributed by atoms with E-state index in [1.807, 2.05) is 30.3 Å². The second-order valence-corrected chi connectivity index (χ2v) is 4.05. The number of hydrogen-bond acceptors (Lipinski definition) is 3. The second-order valence-electron chi connectivity index (χ2n) is 4.05. The maximum atomic E-state index is 7.74. The Morgan fingerprint density at radius 1 is 1.25 bits per heavy atom. The Morgan fingerprint density at radius 2 is 1.88 bits per heavy atom. The van der Waals surface area contributed by atoms with Crippen LogP contribution in [0.15, 0.2) is 30.3 Å². The number of nitrogens with zero attached hydrogens (tertiary/aromatic N) is 1. The Kier molecular flexibility index (Phi) is 3.54. The average Bonchev–Trinajstić information content (AvgIpc) is 2.31. The zero-order chi connectivity index (χ0) is 11.4. The van der Waals surface area contributed by atoms with Crippen molar-refractivity contribution in [3.8, 4) is 0 Å². The number of piperazine rings is 1. The number of nitrogens with one attached hydrogen (secondary N) is 2. The SMILES string of the molecule is N=C(N)[C@H](c1ccccc1)N1CCNCC1. The van der Waals surface area contributed by atoms with Gasteiger partial charge in [0.25, 0.3) is 0 Å². The van der Waals surface area contributed by atoms with E-state index in [-0.39, 0.29) is 11.9 Å². The summed E-state index contributed by atoms with van der Waals surface area (Å²) in [5, 5.41) is 11.0. The molecule has 4 N–H and O–H groups in total. The van der Waals surface area contributed by atoms with E-state index in [4.69, 9.17) is 11.1 Å². The largest absolute Gasteiger partial charge is 0.386 e. The first-order valence-corrected chi connectivity index (χ1v) is 5.62. The zero-order valence-corrected chi connectivity index (χ0v) is 9.32. The van der Waals surface area contributed by atoms with Crippen molar-refractivity contribution >= 4 is 5.84 Å². The fraction of sp³-hybridized carbons (Fsp3) is 0.417. The molecule has 0 radical (unpaired) electrons. The third-order valence-electron chi connectivity index (χ3n) is 2.93. The summed E-state index contributed by atoms with van der Waals surface area (Å²) in [5.41, 5.74) is 6.83. The van der Waals surface area contributed by atoms with Gasteiger partial charge in [-0.15, -0.1) is 0 Å². The fourth-order valence-corrected chi connectivity index (χ4v) is 2.16. The van der Waals surface area contributed by atoms with E-state index in [9.17, 15) is 0 Å². The topological polar surface area (TPSA) is 65.1 Å². The van der Waals surface area contributed by atoms with Crippen LogP contribution in [0.5, 0.6) is 0 Å². The van der Waals surface area contributed by atoms with Crippen LogP contribution in [-0.4, -0.2) is 36.9 Å². The maximum absolute atomic E-state index is 7.74. The maximum Gasteiger partial charge on any atom is 0.113 e. The number of hydrogen-bond donors (Lipinski definition) is 3. The Hall–Kier alpha value is -1.39. The summed E-state index contributed by atoms with van der Waals surface area (Å²) < 4.78 is 0. The van der Waals surface area contributed by atoms with Gasteiger partial charge in [-0.1, -0.05) is 30.3 Å². The highest BCUT2D eigenvalue weighted by atomic mass is 15.2. The van der Waals surface area contributed by atoms with Gasteiger partial charge in [0.15, 0.2) is 0 Å². The Balaban J connectivity index is 2.20. The first kappa shape index (κ1) is 11.1. The van der Waals surface area contributed by atoms with Gasteiger partial charge < -0.3 is 11.1 Å². The molecule has 0 amide bonds. The highest BCUT2D eigenvalue weighted by Crippen LogP contribution is 2.20. The predicted molar refractivity (Wildman–Crippen MR) is 65.5 cm³/mol. The highest BCUT2D eigenvalue weighted by Gasteiger charge is 2.24. The molecule has 16 heavy (non-hydrogen) atoms. The standard InChI is InChI=1S/C12H18N4/c13-12(14)11(10-4-2-1-3-5-10)16-8-6-15-7-9-16/h1-5,11,15H,6-9H2,(H3,13,14)/t11-/m0/s1. The minimum absolute atomic E-state index is 0.0664. The van der Waals surface area contributed by atoms with Crippen LogP contribution in [0.1, 0.15) is 11.6 Å². The van der Waals surface area contributed by atoms with E-state index in [1.54, 1.807) is 0 Å². The van der Waals surface area contributed by atoms with Crippen molar-refractivity contribution in [3.63, 3.8) is 0 Å². The van der Waals surface area contributed by atoms with Crippen LogP contribution in [0.4, 0.5) is 0 Å². The van der Waals surface area contributed by atoms with Crippen LogP contribution in [0, 0.1) is 5.41 Å². The molecule has 1 aliphatic rings. The van der Waals surface area contributed by atoms with Crippen molar-refractivity contribution in [1.82, 2.24) is 10.2 Å². The van der Waals surface area contributed by atoms with Gasteiger partial charge >= 0.3 is 0 Å². The quantitative estimate of drug-likeness (QED) is 0.513. The first-order valence-electron chi connectivity index (χ1n) is 5.62. The number of amidine groups is 1. The van der Waals surface area contributed by atoms with Gasteiger partial charge in [-0.05, 0) is 5.56 Å². The molecular formula is C12H18N4. The zero-order valence-electron chi connectivity index (χ0n) is 9.32. The van der Waals surface area contributed by atoms with Gasteiger partial charge in [-0.2, -0.15) is 0 Å². The number of benzene rings is 1. The second kappa shape index (κ2) is 5.09. The molecule has 4 heteroatoms. The van der Waals surface area contributed by atoms with E-state index in [0.717, 1.165) is 31.7 Å². The predicted octanol–water partition coefficient (Wildman–Crippen LogP) is 0.569. The molecule has 1 atom stereocenters. The van der Waals surface area contributed by atoms with Crippen LogP contribution < -0.4 is 11.1 Å². The Labute approximate surface area is 96.0 Å². The molecule has 0 bridgehead atoms. The molecule has 1 saturated heterocycles. The van der Waals surface area contributed by atoms with Crippen molar-refractivity contribution in [1.29, 1.82) is 5.41 Å². The molecule has 1 aliphatic heterocycles. The minimum Gasteiger partial charge on any atom is -0.386 e. The van der Waals surface area contributed by atoms with E-state index in [1.165, 1.54) is 0 Å². The summed E-state index contributed by atoms with van der Waals surface area (Å²) >= 11 is 0. The van der Waals surface area contributed by atoms with Crippen molar-refractivity contribution < 1.29 is 0 Å². The minimum atomic E-state index is -0.0664. The van der Waals surface area contributed by atoms with Gasteiger partial charge in [0.1, 0.15) is 5.84 Å². The molecule has 1 fully saturated rings. The van der Waals surface area contributed by atoms with Crippen LogP contribution in [-0.2, 0) is 0 Å². The van der Waals surface area contributed by atoms with Gasteiger partial charge in [0.2, 0.25) is 0 Å². The molecule has 0 unspecified atom stereocenters. The first-order chi connectivity index (χ1) is 7.79. The van der Waals surface area contributed by atoms with Gasteiger partial charge in [0.05, 0.1) is 6.04 Å². The van der Waals surface area contributed by atoms with Crippen molar-refractivity contribution in [2.45, 2.75) is 6.04 Å². The van der Waals surface area contributed by atoms with Crippen molar-refractivity contribution in [3.05, 3.63) is 35.9 Å². The lowest BCUT2D eigenvalue weighted by atomic mass is 10.0. The molecule has 4 nitrogen and oxygen atoms in total. The monoisotopic (exact) mass is 218 g/mol. The lowest BCUT2D eigenvalue weighted by Gasteiger charge is -2.34. The average molecular weight is 218 g/mol. The fourth-order valence-electron chi connectivity index (χ4n) is 2.16. The molecule has 1 heterocycles. The van der Waals surface area contributed by atoms with E-state index in [0.29, 0.717) is 0 Å². The van der Waals surface area contributed by atoms with Gasteiger partial charge in [-0.25, -0.2) is 0 Å². The number of nitrogens with two attached hydrogens (primary N) is 1. The van der Waals surface area contributed by atoms with Gasteiger partial charge in [-0.3, -0.25) is 10.3 Å². The van der Waals surface area contributed by atoms with Crippen LogP contribution in [0.2, 0.25) is 0 Å². The summed E-state index contributed by atoms with van der Waals surface area (Å²) in [5.74, 6) is 0.230. The smallest absolute Gasteiger partial charge is 0.113 e. The highest BCUT2D eigenvalue weighted by molar-refractivity contribution is 5.84. The summed E-state index contributed by atoms with van der Waals surface area (Å²) in [6.07, 6.45) is 0. The lowest BCUT2D eigenvalue weighted by Crippen LogP contribution is -2.48. The Morgan fingerprint density at radius 3 is 2.44 bits per heavy atom. The third kappa shape index (κ3) is 2.40. The summed E-state index contributed by atoms with van der Waals surface area (Å²) in [4.78, 5) is 2.26. The Bertz CT molecular complexity index is 343. The molecule has 2 rings (SSSR count). The van der Waals surface area contributed by atoms with E-state index < -0.39 is 0 Å². The molecule has 1 aromatic carbocycles. The molecule has 86 valence electrons. The summed E-state index contributed by atoms with van der Waals surface area (Å²) in [6.45, 7) is 3.82. The summed E-state index contributed by atoms with van der Waals surface area (Å²) in [7, 11) is 0. The summed E-state index contributed by atoms with van der Waals surface area (Å²) in [6, 6.07) is 9.98. The third-order valence-corrected chi connectivity index (χ3v) is 2.93. The molecule has 0 aromatic heterocycles. The molecule has 0 saturated carbocycles. The molecular weight excluding hydrogens is 200 g/mol. The van der Waals surface area contributed by atoms with E-state index in [2.05, 4.69) is 10.2 Å². The normalized spacial score (nSPS) is 19.2. The van der Waals surface area contributed by atoms with Crippen LogP contribution in [0.25, 0.3) is 0 Å². The van der Waals surface area contributed by atoms with Crippen LogP contribution in [0.3, 0.4) is 0 Å². The van der Waals surface area contributed by atoms with Crippen molar-refractivity contribution in [2.24, 2.45) is 5.73 Å². The van der Waals surface area contributed by atoms with Gasteiger partial charge in [0, 0.05) is 26.2 Å². The number of rotatable bonds is 3. The molecule has 0 aliphatic carbocycles.